The van der Waals surface area contributed by atoms with Crippen molar-refractivity contribution in [3.63, 3.8) is 0 Å². The summed E-state index contributed by atoms with van der Waals surface area (Å²) in [7, 11) is -4.26. The van der Waals surface area contributed by atoms with Gasteiger partial charge >= 0.3 is 10.3 Å². The molecule has 0 unspecified atom stereocenters. The summed E-state index contributed by atoms with van der Waals surface area (Å²) in [4.78, 5) is 0. The van der Waals surface area contributed by atoms with E-state index in [1.54, 1.807) is 13.0 Å². The lowest BCUT2D eigenvalue weighted by molar-refractivity contribution is 0.453. The van der Waals surface area contributed by atoms with Crippen molar-refractivity contribution >= 4 is 10.3 Å². The van der Waals surface area contributed by atoms with E-state index in [0.29, 0.717) is 11.1 Å². The molecule has 102 valence electrons. The van der Waals surface area contributed by atoms with Gasteiger partial charge in [-0.05, 0) is 23.5 Å². The quantitative estimate of drug-likeness (QED) is 0.734. The smallest absolute Gasteiger partial charge is 0.333 e. The van der Waals surface area contributed by atoms with Crippen LogP contribution in [0.1, 0.15) is 37.5 Å². The Morgan fingerprint density at radius 3 is 2.28 bits per heavy atom. The van der Waals surface area contributed by atoms with E-state index < -0.39 is 10.3 Å². The number of hydrogen-bond acceptors (Lipinski definition) is 3. The third kappa shape index (κ3) is 3.97. The topological polar surface area (TPSA) is 86.6 Å². The van der Waals surface area contributed by atoms with Crippen LogP contribution in [-0.2, 0) is 22.3 Å². The first kappa shape index (κ1) is 14.9. The number of phenolic OH excluding ortho intramolecular Hbond substituents is 1. The number of nitrogens with one attached hydrogen (secondary N) is 1. The molecule has 18 heavy (non-hydrogen) atoms. The van der Waals surface area contributed by atoms with Crippen molar-refractivity contribution < 1.29 is 18.1 Å². The van der Waals surface area contributed by atoms with Crippen LogP contribution in [0.25, 0.3) is 0 Å². The first-order chi connectivity index (χ1) is 8.00. The zero-order valence-corrected chi connectivity index (χ0v) is 11.8. The Kier molecular flexibility index (Phi) is 4.05. The summed E-state index contributed by atoms with van der Waals surface area (Å²) in [5, 5.41) is 9.87. The number of aryl methyl sites for hydroxylation is 1. The normalized spacial score (nSPS) is 12.7. The van der Waals surface area contributed by atoms with Gasteiger partial charge in [-0.2, -0.15) is 13.1 Å². The van der Waals surface area contributed by atoms with Crippen LogP contribution in [0.15, 0.2) is 12.1 Å². The fourth-order valence-corrected chi connectivity index (χ4v) is 1.93. The number of rotatable bonds is 3. The van der Waals surface area contributed by atoms with Gasteiger partial charge in [0, 0.05) is 12.1 Å². The molecule has 1 aromatic carbocycles. The van der Waals surface area contributed by atoms with Gasteiger partial charge in [0.1, 0.15) is 5.75 Å². The first-order valence-electron chi connectivity index (χ1n) is 5.56. The molecule has 0 saturated heterocycles. The lowest BCUT2D eigenvalue weighted by atomic mass is 9.85. The summed E-state index contributed by atoms with van der Waals surface area (Å²) < 4.78 is 31.9. The van der Waals surface area contributed by atoms with Gasteiger partial charge in [0.2, 0.25) is 0 Å². The van der Waals surface area contributed by atoms with Crippen LogP contribution in [0.5, 0.6) is 5.75 Å². The highest BCUT2D eigenvalue weighted by Crippen LogP contribution is 2.30. The molecule has 0 saturated carbocycles. The first-order valence-corrected chi connectivity index (χ1v) is 7.00. The summed E-state index contributed by atoms with van der Waals surface area (Å²) in [6, 6.07) is 3.60. The van der Waals surface area contributed by atoms with E-state index in [1.807, 2.05) is 31.6 Å². The number of benzene rings is 1. The molecule has 0 aliphatic rings. The van der Waals surface area contributed by atoms with Crippen molar-refractivity contribution in [1.29, 1.82) is 0 Å². The molecule has 0 heterocycles. The minimum absolute atomic E-state index is 0.0409. The third-order valence-corrected chi connectivity index (χ3v) is 3.20. The van der Waals surface area contributed by atoms with Crippen molar-refractivity contribution in [2.75, 3.05) is 0 Å². The zero-order valence-electron chi connectivity index (χ0n) is 11.0. The van der Waals surface area contributed by atoms with Gasteiger partial charge in [-0.1, -0.05) is 32.9 Å². The average molecular weight is 273 g/mol. The van der Waals surface area contributed by atoms with Crippen LogP contribution in [-0.4, -0.2) is 18.1 Å². The predicted molar refractivity (Wildman–Crippen MR) is 69.9 cm³/mol. The zero-order chi connectivity index (χ0) is 14.1. The second-order valence-corrected chi connectivity index (χ2v) is 6.59. The fraction of sp³-hybridized carbons (Fsp3) is 0.500. The number of phenols is 1. The molecule has 0 aliphatic heterocycles. The molecular weight excluding hydrogens is 254 g/mol. The van der Waals surface area contributed by atoms with E-state index in [-0.39, 0.29) is 17.7 Å². The Labute approximate surface area is 108 Å². The molecule has 0 aliphatic carbocycles. The largest absolute Gasteiger partial charge is 0.507 e. The highest BCUT2D eigenvalue weighted by Gasteiger charge is 2.18. The highest BCUT2D eigenvalue weighted by molar-refractivity contribution is 7.83. The third-order valence-electron chi connectivity index (χ3n) is 2.69. The number of hydrogen-bond donors (Lipinski definition) is 3. The van der Waals surface area contributed by atoms with E-state index in [0.717, 1.165) is 5.56 Å². The molecule has 1 rings (SSSR count). The summed E-state index contributed by atoms with van der Waals surface area (Å²) >= 11 is 0. The van der Waals surface area contributed by atoms with E-state index in [1.165, 1.54) is 0 Å². The van der Waals surface area contributed by atoms with Gasteiger partial charge in [0.25, 0.3) is 0 Å². The van der Waals surface area contributed by atoms with Gasteiger partial charge in [-0.15, -0.1) is 0 Å². The van der Waals surface area contributed by atoms with Crippen LogP contribution in [0.4, 0.5) is 0 Å². The Morgan fingerprint density at radius 2 is 1.83 bits per heavy atom. The summed E-state index contributed by atoms with van der Waals surface area (Å²) in [6.07, 6.45) is 0. The molecule has 0 spiro atoms. The molecule has 0 atom stereocenters. The van der Waals surface area contributed by atoms with Gasteiger partial charge in [0.15, 0.2) is 0 Å². The standard InChI is InChI=1S/C12H19NO4S/c1-8-5-10(12(2,3)4)6-9(11(8)14)7-13-18(15,16)17/h5-6,13-14H,7H2,1-4H3,(H,15,16,17). The van der Waals surface area contributed by atoms with E-state index in [9.17, 15) is 13.5 Å². The predicted octanol–water partition coefficient (Wildman–Crippen LogP) is 1.89. The van der Waals surface area contributed by atoms with Crippen LogP contribution in [0.3, 0.4) is 0 Å². The summed E-state index contributed by atoms with van der Waals surface area (Å²) in [5.41, 5.74) is 2.00. The van der Waals surface area contributed by atoms with Crippen LogP contribution in [0, 0.1) is 6.92 Å². The second-order valence-electron chi connectivity index (χ2n) is 5.35. The lowest BCUT2D eigenvalue weighted by Gasteiger charge is -2.21. The maximum absolute atomic E-state index is 10.6. The SMILES string of the molecule is Cc1cc(C(C)(C)C)cc(CNS(=O)(=O)O)c1O. The minimum Gasteiger partial charge on any atom is -0.507 e. The maximum atomic E-state index is 10.6. The maximum Gasteiger partial charge on any atom is 0.333 e. The van der Waals surface area contributed by atoms with Crippen LogP contribution in [0.2, 0.25) is 0 Å². The molecule has 0 amide bonds. The summed E-state index contributed by atoms with van der Waals surface area (Å²) in [5.74, 6) is 0.0409. The monoisotopic (exact) mass is 273 g/mol. The Morgan fingerprint density at radius 1 is 1.28 bits per heavy atom. The van der Waals surface area contributed by atoms with E-state index in [4.69, 9.17) is 4.55 Å². The number of aromatic hydroxyl groups is 1. The molecule has 6 heteroatoms. The van der Waals surface area contributed by atoms with Gasteiger partial charge < -0.3 is 5.11 Å². The fourth-order valence-electron chi connectivity index (χ4n) is 1.59. The minimum atomic E-state index is -4.26. The molecule has 0 bridgehead atoms. The van der Waals surface area contributed by atoms with Gasteiger partial charge in [-0.3, -0.25) is 4.55 Å². The van der Waals surface area contributed by atoms with E-state index >= 15 is 0 Å². The highest BCUT2D eigenvalue weighted by atomic mass is 32.2. The van der Waals surface area contributed by atoms with Crippen molar-refractivity contribution in [1.82, 2.24) is 4.72 Å². The molecular formula is C12H19NO4S. The van der Waals surface area contributed by atoms with Crippen molar-refractivity contribution in [3.8, 4) is 5.75 Å². The van der Waals surface area contributed by atoms with Crippen molar-refractivity contribution in [2.24, 2.45) is 0 Å². The molecule has 5 nitrogen and oxygen atoms in total. The second kappa shape index (κ2) is 4.87. The van der Waals surface area contributed by atoms with Crippen LogP contribution < -0.4 is 4.72 Å². The van der Waals surface area contributed by atoms with E-state index in [2.05, 4.69) is 0 Å². The molecule has 1 aromatic rings. The van der Waals surface area contributed by atoms with Crippen molar-refractivity contribution in [3.05, 3.63) is 28.8 Å². The Balaban J connectivity index is 3.15. The van der Waals surface area contributed by atoms with Gasteiger partial charge in [0.05, 0.1) is 0 Å². The Bertz CT molecular complexity index is 544. The molecule has 0 aromatic heterocycles. The average Bonchev–Trinajstić information content (AvgIpc) is 2.17. The summed E-state index contributed by atoms with van der Waals surface area (Å²) in [6.45, 7) is 7.69. The van der Waals surface area contributed by atoms with Gasteiger partial charge in [-0.25, -0.2) is 0 Å². The molecule has 0 fully saturated rings. The molecule has 0 radical (unpaired) electrons. The van der Waals surface area contributed by atoms with Crippen molar-refractivity contribution in [2.45, 2.75) is 39.7 Å². The lowest BCUT2D eigenvalue weighted by Crippen LogP contribution is -2.22. The Hall–Kier alpha value is -1.11. The van der Waals surface area contributed by atoms with Crippen LogP contribution >= 0.6 is 0 Å². The molecule has 3 N–H and O–H groups in total.